The molecule has 1 aliphatic rings. The van der Waals surface area contributed by atoms with E-state index in [1.54, 1.807) is 6.07 Å². The molecule has 1 saturated heterocycles. The molecule has 1 fully saturated rings. The molecule has 1 amide bonds. The summed E-state index contributed by atoms with van der Waals surface area (Å²) in [4.78, 5) is 20.9. The number of nitrogens with zero attached hydrogens (tertiary/aromatic N) is 2. The van der Waals surface area contributed by atoms with E-state index in [-0.39, 0.29) is 23.9 Å². The van der Waals surface area contributed by atoms with Crippen molar-refractivity contribution in [2.75, 3.05) is 18.0 Å². The highest BCUT2D eigenvalue weighted by atomic mass is 19.1. The Balaban J connectivity index is 1.80. The number of carbonyl (C=O) groups excluding carboxylic acids is 1. The van der Waals surface area contributed by atoms with Crippen LogP contribution in [0.1, 0.15) is 41.9 Å². The number of aromatic amines is 1. The largest absolute Gasteiger partial charge is 0.393 e. The lowest BCUT2D eigenvalue weighted by atomic mass is 10.0. The molecule has 7 heteroatoms. The third kappa shape index (κ3) is 3.56. The van der Waals surface area contributed by atoms with Crippen LogP contribution in [0.15, 0.2) is 30.7 Å². The van der Waals surface area contributed by atoms with Gasteiger partial charge in [0.1, 0.15) is 11.5 Å². The van der Waals surface area contributed by atoms with E-state index in [1.165, 1.54) is 24.7 Å². The lowest BCUT2D eigenvalue weighted by Crippen LogP contribution is -2.37. The highest BCUT2D eigenvalue weighted by molar-refractivity contribution is 5.92. The molecule has 1 aromatic heterocycles. The zero-order chi connectivity index (χ0) is 17.1. The second-order valence-electron chi connectivity index (χ2n) is 6.08. The molecule has 1 unspecified atom stereocenters. The molecule has 0 aliphatic carbocycles. The molecule has 0 bridgehead atoms. The van der Waals surface area contributed by atoms with E-state index in [1.807, 2.05) is 6.92 Å². The van der Waals surface area contributed by atoms with Crippen LogP contribution in [-0.4, -0.2) is 40.2 Å². The molecule has 1 atom stereocenters. The van der Waals surface area contributed by atoms with Crippen LogP contribution >= 0.6 is 0 Å². The Morgan fingerprint density at radius 1 is 1.46 bits per heavy atom. The van der Waals surface area contributed by atoms with E-state index in [9.17, 15) is 14.3 Å². The quantitative estimate of drug-likeness (QED) is 0.800. The van der Waals surface area contributed by atoms with Gasteiger partial charge in [0.25, 0.3) is 5.91 Å². The highest BCUT2D eigenvalue weighted by Gasteiger charge is 2.22. The summed E-state index contributed by atoms with van der Waals surface area (Å²) in [6.45, 7) is 3.24. The Labute approximate surface area is 139 Å². The highest BCUT2D eigenvalue weighted by Crippen LogP contribution is 2.29. The van der Waals surface area contributed by atoms with Gasteiger partial charge in [-0.05, 0) is 38.0 Å². The fraction of sp³-hybridized carbons (Fsp3) is 0.412. The Bertz CT molecular complexity index is 697. The summed E-state index contributed by atoms with van der Waals surface area (Å²) in [6.07, 6.45) is 3.98. The number of benzene rings is 1. The standard InChI is InChI=1S/C17H21FN4O2/c1-11(21-17(24)15-9-19-10-20-15)14-8-12(18)2-3-16(14)22-6-4-13(23)5-7-22/h2-3,8-11,13,23H,4-7H2,1H3,(H,19,20)(H,21,24). The van der Waals surface area contributed by atoms with Crippen molar-refractivity contribution in [3.8, 4) is 0 Å². The number of H-pyrrole nitrogens is 1. The van der Waals surface area contributed by atoms with Gasteiger partial charge in [0.2, 0.25) is 0 Å². The van der Waals surface area contributed by atoms with Gasteiger partial charge in [-0.3, -0.25) is 4.79 Å². The van der Waals surface area contributed by atoms with E-state index in [2.05, 4.69) is 20.2 Å². The van der Waals surface area contributed by atoms with Crippen LogP contribution in [0.3, 0.4) is 0 Å². The minimum Gasteiger partial charge on any atom is -0.393 e. The summed E-state index contributed by atoms with van der Waals surface area (Å²) in [5.74, 6) is -0.627. The van der Waals surface area contributed by atoms with Gasteiger partial charge in [-0.2, -0.15) is 0 Å². The molecule has 1 aliphatic heterocycles. The predicted molar refractivity (Wildman–Crippen MR) is 88.3 cm³/mol. The van der Waals surface area contributed by atoms with Crippen molar-refractivity contribution in [2.45, 2.75) is 31.9 Å². The van der Waals surface area contributed by atoms with Crippen LogP contribution in [0, 0.1) is 5.82 Å². The molecular formula is C17H21FN4O2. The zero-order valence-electron chi connectivity index (χ0n) is 13.5. The number of aliphatic hydroxyl groups is 1. The number of aromatic nitrogens is 2. The third-order valence-electron chi connectivity index (χ3n) is 4.35. The summed E-state index contributed by atoms with van der Waals surface area (Å²) in [5, 5.41) is 12.5. The van der Waals surface area contributed by atoms with Crippen LogP contribution in [0.4, 0.5) is 10.1 Å². The van der Waals surface area contributed by atoms with Crippen molar-refractivity contribution < 1.29 is 14.3 Å². The smallest absolute Gasteiger partial charge is 0.269 e. The van der Waals surface area contributed by atoms with Gasteiger partial charge in [-0.15, -0.1) is 0 Å². The molecular weight excluding hydrogens is 311 g/mol. The van der Waals surface area contributed by atoms with Gasteiger partial charge in [-0.1, -0.05) is 0 Å². The summed E-state index contributed by atoms with van der Waals surface area (Å²) in [5.41, 5.74) is 1.97. The molecule has 1 aromatic carbocycles. The van der Waals surface area contributed by atoms with Crippen molar-refractivity contribution >= 4 is 11.6 Å². The lowest BCUT2D eigenvalue weighted by Gasteiger charge is -2.34. The number of piperidine rings is 1. The van der Waals surface area contributed by atoms with Gasteiger partial charge in [0.15, 0.2) is 0 Å². The molecule has 2 aromatic rings. The second kappa shape index (κ2) is 7.00. The number of aliphatic hydroxyl groups excluding tert-OH is 1. The van der Waals surface area contributed by atoms with E-state index in [0.717, 1.165) is 11.3 Å². The van der Waals surface area contributed by atoms with Gasteiger partial charge >= 0.3 is 0 Å². The fourth-order valence-corrected chi connectivity index (χ4v) is 3.00. The number of nitrogens with one attached hydrogen (secondary N) is 2. The van der Waals surface area contributed by atoms with Crippen LogP contribution in [0.2, 0.25) is 0 Å². The molecule has 128 valence electrons. The molecule has 0 saturated carbocycles. The molecule has 0 spiro atoms. The van der Waals surface area contributed by atoms with Crippen molar-refractivity contribution in [3.63, 3.8) is 0 Å². The molecule has 0 radical (unpaired) electrons. The Hall–Kier alpha value is -2.41. The summed E-state index contributed by atoms with van der Waals surface area (Å²) in [6, 6.07) is 4.26. The molecule has 3 N–H and O–H groups in total. The number of carbonyl (C=O) groups is 1. The lowest BCUT2D eigenvalue weighted by molar-refractivity contribution is 0.0935. The van der Waals surface area contributed by atoms with E-state index >= 15 is 0 Å². The zero-order valence-corrected chi connectivity index (χ0v) is 13.5. The Kier molecular flexibility index (Phi) is 4.80. The first-order valence-corrected chi connectivity index (χ1v) is 8.06. The topological polar surface area (TPSA) is 81.2 Å². The summed E-state index contributed by atoms with van der Waals surface area (Å²) >= 11 is 0. The first-order chi connectivity index (χ1) is 11.5. The van der Waals surface area contributed by atoms with Crippen molar-refractivity contribution in [3.05, 3.63) is 47.8 Å². The van der Waals surface area contributed by atoms with Crippen LogP contribution < -0.4 is 10.2 Å². The molecule has 2 heterocycles. The first-order valence-electron chi connectivity index (χ1n) is 8.06. The van der Waals surface area contributed by atoms with Crippen molar-refractivity contribution in [1.29, 1.82) is 0 Å². The maximum atomic E-state index is 13.8. The van der Waals surface area contributed by atoms with Crippen LogP contribution in [0.25, 0.3) is 0 Å². The fourth-order valence-electron chi connectivity index (χ4n) is 3.00. The maximum Gasteiger partial charge on any atom is 0.269 e. The monoisotopic (exact) mass is 332 g/mol. The van der Waals surface area contributed by atoms with Crippen LogP contribution in [-0.2, 0) is 0 Å². The molecule has 6 nitrogen and oxygen atoms in total. The van der Waals surface area contributed by atoms with Gasteiger partial charge in [-0.25, -0.2) is 9.37 Å². The summed E-state index contributed by atoms with van der Waals surface area (Å²) in [7, 11) is 0. The number of anilines is 1. The van der Waals surface area contributed by atoms with Crippen molar-refractivity contribution in [1.82, 2.24) is 15.3 Å². The molecule has 3 rings (SSSR count). The average Bonchev–Trinajstić information content (AvgIpc) is 3.10. The maximum absolute atomic E-state index is 13.8. The first kappa shape index (κ1) is 16.4. The minimum absolute atomic E-state index is 0.275. The predicted octanol–water partition coefficient (Wildman–Crippen LogP) is 2.00. The minimum atomic E-state index is -0.363. The van der Waals surface area contributed by atoms with Crippen molar-refractivity contribution in [2.24, 2.45) is 0 Å². The number of rotatable bonds is 4. The number of hydrogen-bond acceptors (Lipinski definition) is 4. The van der Waals surface area contributed by atoms with Gasteiger partial charge in [0, 0.05) is 24.3 Å². The number of amides is 1. The SMILES string of the molecule is CC(NC(=O)c1cnc[nH]1)c1cc(F)ccc1N1CCC(O)CC1. The van der Waals surface area contributed by atoms with Gasteiger partial charge < -0.3 is 20.3 Å². The molecule has 24 heavy (non-hydrogen) atoms. The third-order valence-corrected chi connectivity index (χ3v) is 4.35. The average molecular weight is 332 g/mol. The second-order valence-corrected chi connectivity index (χ2v) is 6.08. The Morgan fingerprint density at radius 2 is 2.21 bits per heavy atom. The number of imidazole rings is 1. The Morgan fingerprint density at radius 3 is 2.88 bits per heavy atom. The van der Waals surface area contributed by atoms with E-state index in [4.69, 9.17) is 0 Å². The van der Waals surface area contributed by atoms with Gasteiger partial charge in [0.05, 0.1) is 24.7 Å². The van der Waals surface area contributed by atoms with Crippen LogP contribution in [0.5, 0.6) is 0 Å². The number of halogens is 1. The normalized spacial score (nSPS) is 16.9. The van der Waals surface area contributed by atoms with E-state index < -0.39 is 0 Å². The summed E-state index contributed by atoms with van der Waals surface area (Å²) < 4.78 is 13.8. The number of hydrogen-bond donors (Lipinski definition) is 3. The van der Waals surface area contributed by atoms with E-state index in [0.29, 0.717) is 31.6 Å².